The molecule has 2 aromatic carbocycles. The number of fused-ring (bicyclic) bond motifs is 1. The van der Waals surface area contributed by atoms with Crippen molar-refractivity contribution in [2.75, 3.05) is 6.54 Å². The number of nitrogens with zero attached hydrogens (tertiary/aromatic N) is 1. The Labute approximate surface area is 144 Å². The molecule has 2 heterocycles. The molecule has 0 saturated carbocycles. The van der Waals surface area contributed by atoms with Crippen LogP contribution in [0.15, 0.2) is 64.5 Å². The van der Waals surface area contributed by atoms with Crippen LogP contribution in [-0.4, -0.2) is 22.7 Å². The molecule has 3 aromatic rings. The SMILES string of the molecule is CC1(c2ccc(-c3ccc4ccccc4c3)[nH]c2=O)CN/C(=N\O)N1. The van der Waals surface area contributed by atoms with E-state index in [1.54, 1.807) is 0 Å². The highest BCUT2D eigenvalue weighted by atomic mass is 16.4. The maximum absolute atomic E-state index is 12.6. The molecule has 4 N–H and O–H groups in total. The first kappa shape index (κ1) is 15.3. The van der Waals surface area contributed by atoms with Crippen molar-refractivity contribution in [1.29, 1.82) is 0 Å². The van der Waals surface area contributed by atoms with E-state index in [0.717, 1.165) is 22.0 Å². The summed E-state index contributed by atoms with van der Waals surface area (Å²) in [6.07, 6.45) is 0. The Morgan fingerprint density at radius 1 is 1.08 bits per heavy atom. The smallest absolute Gasteiger partial charge is 0.254 e. The number of nitrogens with one attached hydrogen (secondary N) is 3. The summed E-state index contributed by atoms with van der Waals surface area (Å²) in [7, 11) is 0. The Balaban J connectivity index is 1.73. The molecule has 0 bridgehead atoms. The molecular weight excluding hydrogens is 316 g/mol. The van der Waals surface area contributed by atoms with Crippen molar-refractivity contribution in [3.63, 3.8) is 0 Å². The van der Waals surface area contributed by atoms with E-state index in [9.17, 15) is 4.79 Å². The molecular formula is C19H18N4O2. The summed E-state index contributed by atoms with van der Waals surface area (Å²) < 4.78 is 0. The van der Waals surface area contributed by atoms with Crippen molar-refractivity contribution in [2.45, 2.75) is 12.5 Å². The molecule has 1 aliphatic rings. The molecule has 1 atom stereocenters. The van der Waals surface area contributed by atoms with Gasteiger partial charge in [0.1, 0.15) is 0 Å². The molecule has 0 aliphatic carbocycles. The molecule has 0 radical (unpaired) electrons. The zero-order valence-corrected chi connectivity index (χ0v) is 13.7. The van der Waals surface area contributed by atoms with Crippen molar-refractivity contribution in [3.05, 3.63) is 70.5 Å². The lowest BCUT2D eigenvalue weighted by Crippen LogP contribution is -2.42. The first-order chi connectivity index (χ1) is 12.1. The third-order valence-electron chi connectivity index (χ3n) is 4.67. The van der Waals surface area contributed by atoms with E-state index in [1.807, 2.05) is 43.3 Å². The molecule has 1 aromatic heterocycles. The highest BCUT2D eigenvalue weighted by molar-refractivity contribution is 5.86. The maximum atomic E-state index is 12.6. The van der Waals surface area contributed by atoms with Crippen LogP contribution in [0.1, 0.15) is 12.5 Å². The summed E-state index contributed by atoms with van der Waals surface area (Å²) >= 11 is 0. The minimum Gasteiger partial charge on any atom is -0.408 e. The minimum absolute atomic E-state index is 0.165. The highest BCUT2D eigenvalue weighted by Gasteiger charge is 2.35. The van der Waals surface area contributed by atoms with E-state index in [4.69, 9.17) is 5.21 Å². The maximum Gasteiger partial charge on any atom is 0.254 e. The van der Waals surface area contributed by atoms with Crippen molar-refractivity contribution >= 4 is 16.7 Å². The van der Waals surface area contributed by atoms with E-state index in [0.29, 0.717) is 12.1 Å². The van der Waals surface area contributed by atoms with Crippen molar-refractivity contribution in [3.8, 4) is 11.3 Å². The molecule has 0 spiro atoms. The number of H-pyrrole nitrogens is 1. The summed E-state index contributed by atoms with van der Waals surface area (Å²) in [4.78, 5) is 15.6. The molecule has 6 nitrogen and oxygen atoms in total. The number of oxime groups is 1. The van der Waals surface area contributed by atoms with Gasteiger partial charge < -0.3 is 20.8 Å². The summed E-state index contributed by atoms with van der Waals surface area (Å²) in [6, 6.07) is 17.9. The van der Waals surface area contributed by atoms with Crippen LogP contribution in [-0.2, 0) is 5.54 Å². The van der Waals surface area contributed by atoms with Crippen LogP contribution < -0.4 is 16.2 Å². The normalized spacial score (nSPS) is 21.2. The largest absolute Gasteiger partial charge is 0.408 e. The van der Waals surface area contributed by atoms with Crippen molar-refractivity contribution < 1.29 is 5.21 Å². The molecule has 25 heavy (non-hydrogen) atoms. The lowest BCUT2D eigenvalue weighted by atomic mass is 9.94. The van der Waals surface area contributed by atoms with Crippen LogP contribution in [0.2, 0.25) is 0 Å². The number of hydrogen-bond acceptors (Lipinski definition) is 3. The van der Waals surface area contributed by atoms with Gasteiger partial charge in [-0.1, -0.05) is 41.6 Å². The van der Waals surface area contributed by atoms with E-state index in [1.165, 1.54) is 0 Å². The van der Waals surface area contributed by atoms with Gasteiger partial charge in [0.2, 0.25) is 5.96 Å². The average Bonchev–Trinajstić information content (AvgIpc) is 3.03. The van der Waals surface area contributed by atoms with Crippen LogP contribution >= 0.6 is 0 Å². The summed E-state index contributed by atoms with van der Waals surface area (Å²) in [5, 5.41) is 20.2. The number of aromatic amines is 1. The minimum atomic E-state index is -0.628. The monoisotopic (exact) mass is 334 g/mol. The predicted octanol–water partition coefficient (Wildman–Crippen LogP) is 2.35. The third-order valence-corrected chi connectivity index (χ3v) is 4.67. The Kier molecular flexibility index (Phi) is 3.46. The van der Waals surface area contributed by atoms with E-state index >= 15 is 0 Å². The van der Waals surface area contributed by atoms with Gasteiger partial charge in [-0.25, -0.2) is 0 Å². The zero-order valence-electron chi connectivity index (χ0n) is 13.7. The number of aromatic nitrogens is 1. The summed E-state index contributed by atoms with van der Waals surface area (Å²) in [5.41, 5.74) is 1.52. The van der Waals surface area contributed by atoms with Crippen LogP contribution in [0.25, 0.3) is 22.0 Å². The Hall–Kier alpha value is -3.28. The number of rotatable bonds is 2. The molecule has 6 heteroatoms. The fourth-order valence-electron chi connectivity index (χ4n) is 3.27. The van der Waals surface area contributed by atoms with Gasteiger partial charge in [-0.15, -0.1) is 0 Å². The molecule has 1 fully saturated rings. The fraction of sp³-hybridized carbons (Fsp3) is 0.158. The molecule has 1 aliphatic heterocycles. The second-order valence-corrected chi connectivity index (χ2v) is 6.44. The standard InChI is InChI=1S/C19H18N4O2/c1-19(11-20-18(22-19)23-25)15-8-9-16(21-17(15)24)14-7-6-12-4-2-3-5-13(12)10-14/h2-10,25H,11H2,1H3,(H,21,24)(H2,20,22,23). The molecule has 1 unspecified atom stereocenters. The lowest BCUT2D eigenvalue weighted by molar-refractivity contribution is 0.314. The van der Waals surface area contributed by atoms with Gasteiger partial charge in [0.05, 0.1) is 5.54 Å². The van der Waals surface area contributed by atoms with Crippen LogP contribution in [0.3, 0.4) is 0 Å². The molecule has 1 saturated heterocycles. The van der Waals surface area contributed by atoms with Gasteiger partial charge in [0.25, 0.3) is 5.56 Å². The third kappa shape index (κ3) is 2.61. The number of guanidine groups is 1. The Morgan fingerprint density at radius 2 is 1.88 bits per heavy atom. The van der Waals surface area contributed by atoms with Crippen LogP contribution in [0.5, 0.6) is 0 Å². The average molecular weight is 334 g/mol. The Bertz CT molecular complexity index is 1040. The van der Waals surface area contributed by atoms with Crippen molar-refractivity contribution in [2.24, 2.45) is 5.16 Å². The second-order valence-electron chi connectivity index (χ2n) is 6.44. The van der Waals surface area contributed by atoms with Crippen LogP contribution in [0, 0.1) is 0 Å². The van der Waals surface area contributed by atoms with Gasteiger partial charge in [0.15, 0.2) is 0 Å². The number of benzene rings is 2. The van der Waals surface area contributed by atoms with Gasteiger partial charge >= 0.3 is 0 Å². The van der Waals surface area contributed by atoms with E-state index in [2.05, 4.69) is 39.0 Å². The van der Waals surface area contributed by atoms with E-state index in [-0.39, 0.29) is 11.5 Å². The van der Waals surface area contributed by atoms with Gasteiger partial charge in [0, 0.05) is 17.8 Å². The predicted molar refractivity (Wildman–Crippen MR) is 97.7 cm³/mol. The highest BCUT2D eigenvalue weighted by Crippen LogP contribution is 2.25. The van der Waals surface area contributed by atoms with Crippen LogP contribution in [0.4, 0.5) is 0 Å². The lowest BCUT2D eigenvalue weighted by Gasteiger charge is -2.22. The fourth-order valence-corrected chi connectivity index (χ4v) is 3.27. The topological polar surface area (TPSA) is 89.5 Å². The van der Waals surface area contributed by atoms with Gasteiger partial charge in [-0.3, -0.25) is 4.79 Å². The second kappa shape index (κ2) is 5.66. The zero-order chi connectivity index (χ0) is 17.4. The quantitative estimate of drug-likeness (QED) is 0.428. The number of hydrogen-bond donors (Lipinski definition) is 4. The first-order valence-corrected chi connectivity index (χ1v) is 8.06. The molecule has 4 rings (SSSR count). The van der Waals surface area contributed by atoms with Gasteiger partial charge in [-0.2, -0.15) is 0 Å². The molecule has 0 amide bonds. The summed E-state index contributed by atoms with van der Waals surface area (Å²) in [5.74, 6) is 0.264. The first-order valence-electron chi connectivity index (χ1n) is 8.06. The molecule has 126 valence electrons. The number of pyridine rings is 1. The van der Waals surface area contributed by atoms with E-state index < -0.39 is 5.54 Å². The van der Waals surface area contributed by atoms with Crippen molar-refractivity contribution in [1.82, 2.24) is 15.6 Å². The Morgan fingerprint density at radius 3 is 2.60 bits per heavy atom. The van der Waals surface area contributed by atoms with Gasteiger partial charge in [-0.05, 0) is 41.5 Å². The summed E-state index contributed by atoms with van der Waals surface area (Å²) in [6.45, 7) is 2.35.